The van der Waals surface area contributed by atoms with Gasteiger partial charge in [0.15, 0.2) is 0 Å². The summed E-state index contributed by atoms with van der Waals surface area (Å²) in [6.45, 7) is 11.6. The Hall–Kier alpha value is -1.29. The van der Waals surface area contributed by atoms with Crippen molar-refractivity contribution in [1.82, 2.24) is 10.3 Å². The number of nitrogens with zero attached hydrogens (tertiary/aromatic N) is 2. The number of rotatable bonds is 7. The highest BCUT2D eigenvalue weighted by Crippen LogP contribution is 2.24. The molecule has 4 heteroatoms. The van der Waals surface area contributed by atoms with Gasteiger partial charge in [-0.15, -0.1) is 0 Å². The fraction of sp³-hybridized carbons (Fsp3) is 0.688. The Kier molecular flexibility index (Phi) is 5.65. The summed E-state index contributed by atoms with van der Waals surface area (Å²) in [7, 11) is 0. The van der Waals surface area contributed by atoms with E-state index in [4.69, 9.17) is 4.74 Å². The molecule has 1 atom stereocenters. The van der Waals surface area contributed by atoms with Crippen LogP contribution >= 0.6 is 0 Å². The first-order valence-electron chi connectivity index (χ1n) is 7.73. The van der Waals surface area contributed by atoms with Crippen LogP contribution in [0, 0.1) is 11.8 Å². The fourth-order valence-electron chi connectivity index (χ4n) is 2.60. The molecular weight excluding hydrogens is 250 g/mol. The van der Waals surface area contributed by atoms with Gasteiger partial charge in [-0.25, -0.2) is 4.98 Å². The maximum Gasteiger partial charge on any atom is 0.213 e. The molecule has 0 bridgehead atoms. The summed E-state index contributed by atoms with van der Waals surface area (Å²) >= 11 is 0. The highest BCUT2D eigenvalue weighted by molar-refractivity contribution is 5.46. The SMILES string of the molecule is CCOc1ccc(N2CCC(CNCC(C)C)C2)cn1. The lowest BCUT2D eigenvalue weighted by atomic mass is 10.1. The van der Waals surface area contributed by atoms with Gasteiger partial charge >= 0.3 is 0 Å². The number of pyridine rings is 1. The van der Waals surface area contributed by atoms with E-state index in [0.29, 0.717) is 12.5 Å². The Morgan fingerprint density at radius 3 is 2.95 bits per heavy atom. The summed E-state index contributed by atoms with van der Waals surface area (Å²) in [4.78, 5) is 6.76. The van der Waals surface area contributed by atoms with Crippen molar-refractivity contribution in [3.63, 3.8) is 0 Å². The Morgan fingerprint density at radius 1 is 1.45 bits per heavy atom. The van der Waals surface area contributed by atoms with Crippen molar-refractivity contribution in [2.45, 2.75) is 27.2 Å². The zero-order chi connectivity index (χ0) is 14.4. The summed E-state index contributed by atoms with van der Waals surface area (Å²) in [6.07, 6.45) is 3.19. The van der Waals surface area contributed by atoms with Crippen LogP contribution in [0.3, 0.4) is 0 Å². The highest BCUT2D eigenvalue weighted by Gasteiger charge is 2.22. The molecule has 0 saturated carbocycles. The van der Waals surface area contributed by atoms with E-state index in [1.165, 1.54) is 12.1 Å². The zero-order valence-electron chi connectivity index (χ0n) is 12.9. The van der Waals surface area contributed by atoms with E-state index in [0.717, 1.165) is 38.0 Å². The Bertz CT molecular complexity index is 391. The van der Waals surface area contributed by atoms with Crippen LogP contribution in [0.15, 0.2) is 18.3 Å². The summed E-state index contributed by atoms with van der Waals surface area (Å²) < 4.78 is 5.38. The molecule has 20 heavy (non-hydrogen) atoms. The van der Waals surface area contributed by atoms with Crippen molar-refractivity contribution in [1.29, 1.82) is 0 Å². The average Bonchev–Trinajstić information content (AvgIpc) is 2.88. The van der Waals surface area contributed by atoms with Crippen LogP contribution in [0.5, 0.6) is 5.88 Å². The predicted octanol–water partition coefficient (Wildman–Crippen LogP) is 2.55. The Balaban J connectivity index is 1.79. The van der Waals surface area contributed by atoms with Crippen LogP contribution in [0.25, 0.3) is 0 Å². The normalized spacial score (nSPS) is 18.8. The predicted molar refractivity (Wildman–Crippen MR) is 83.4 cm³/mol. The third-order valence-corrected chi connectivity index (χ3v) is 3.65. The van der Waals surface area contributed by atoms with Gasteiger partial charge in [-0.3, -0.25) is 0 Å². The van der Waals surface area contributed by atoms with Crippen molar-refractivity contribution < 1.29 is 4.74 Å². The largest absolute Gasteiger partial charge is 0.478 e. The van der Waals surface area contributed by atoms with E-state index in [1.807, 2.05) is 19.2 Å². The van der Waals surface area contributed by atoms with Crippen LogP contribution < -0.4 is 15.0 Å². The lowest BCUT2D eigenvalue weighted by Gasteiger charge is -2.19. The first-order valence-corrected chi connectivity index (χ1v) is 7.73. The molecule has 1 aromatic heterocycles. The van der Waals surface area contributed by atoms with E-state index in [9.17, 15) is 0 Å². The molecule has 1 aromatic rings. The van der Waals surface area contributed by atoms with Gasteiger partial charge in [0.2, 0.25) is 5.88 Å². The van der Waals surface area contributed by atoms with Crippen molar-refractivity contribution in [3.05, 3.63) is 18.3 Å². The summed E-state index contributed by atoms with van der Waals surface area (Å²) in [5, 5.41) is 3.56. The molecule has 1 unspecified atom stereocenters. The molecule has 1 N–H and O–H groups in total. The molecule has 0 aliphatic carbocycles. The molecule has 1 saturated heterocycles. The van der Waals surface area contributed by atoms with E-state index >= 15 is 0 Å². The number of hydrogen-bond acceptors (Lipinski definition) is 4. The third kappa shape index (κ3) is 4.37. The quantitative estimate of drug-likeness (QED) is 0.831. The van der Waals surface area contributed by atoms with E-state index < -0.39 is 0 Å². The zero-order valence-corrected chi connectivity index (χ0v) is 12.9. The molecule has 1 aliphatic heterocycles. The molecule has 0 radical (unpaired) electrons. The van der Waals surface area contributed by atoms with Crippen molar-refractivity contribution in [2.24, 2.45) is 11.8 Å². The second-order valence-corrected chi connectivity index (χ2v) is 5.94. The number of nitrogens with one attached hydrogen (secondary N) is 1. The smallest absolute Gasteiger partial charge is 0.213 e. The van der Waals surface area contributed by atoms with E-state index in [-0.39, 0.29) is 0 Å². The molecule has 0 spiro atoms. The molecular formula is C16H27N3O. The van der Waals surface area contributed by atoms with Crippen molar-refractivity contribution in [3.8, 4) is 5.88 Å². The first kappa shape index (κ1) is 15.1. The maximum absolute atomic E-state index is 5.38. The van der Waals surface area contributed by atoms with Crippen LogP contribution in [-0.2, 0) is 0 Å². The molecule has 2 rings (SSSR count). The van der Waals surface area contributed by atoms with Gasteiger partial charge < -0.3 is 15.0 Å². The number of ether oxygens (including phenoxy) is 1. The van der Waals surface area contributed by atoms with Crippen molar-refractivity contribution in [2.75, 3.05) is 37.7 Å². The third-order valence-electron chi connectivity index (χ3n) is 3.65. The second-order valence-electron chi connectivity index (χ2n) is 5.94. The van der Waals surface area contributed by atoms with Gasteiger partial charge in [-0.05, 0) is 44.3 Å². The van der Waals surface area contributed by atoms with E-state index in [2.05, 4.69) is 35.1 Å². The molecule has 0 aromatic carbocycles. The topological polar surface area (TPSA) is 37.4 Å². The maximum atomic E-state index is 5.38. The van der Waals surface area contributed by atoms with Gasteiger partial charge in [0.25, 0.3) is 0 Å². The molecule has 0 amide bonds. The van der Waals surface area contributed by atoms with Gasteiger partial charge in [-0.2, -0.15) is 0 Å². The van der Waals surface area contributed by atoms with Gasteiger partial charge in [0, 0.05) is 19.2 Å². The van der Waals surface area contributed by atoms with Gasteiger partial charge in [-0.1, -0.05) is 13.8 Å². The molecule has 4 nitrogen and oxygen atoms in total. The second kappa shape index (κ2) is 7.48. The van der Waals surface area contributed by atoms with Crippen molar-refractivity contribution >= 4 is 5.69 Å². The minimum absolute atomic E-state index is 0.666. The summed E-state index contributed by atoms with van der Waals surface area (Å²) in [6, 6.07) is 4.07. The van der Waals surface area contributed by atoms with Crippen LogP contribution in [-0.4, -0.2) is 37.8 Å². The molecule has 1 aliphatic rings. The minimum Gasteiger partial charge on any atom is -0.478 e. The summed E-state index contributed by atoms with van der Waals surface area (Å²) in [5.74, 6) is 2.19. The highest BCUT2D eigenvalue weighted by atomic mass is 16.5. The van der Waals surface area contributed by atoms with Crippen LogP contribution in [0.1, 0.15) is 27.2 Å². The van der Waals surface area contributed by atoms with Crippen LogP contribution in [0.2, 0.25) is 0 Å². The molecule has 112 valence electrons. The monoisotopic (exact) mass is 277 g/mol. The number of anilines is 1. The molecule has 2 heterocycles. The molecule has 1 fully saturated rings. The van der Waals surface area contributed by atoms with E-state index in [1.54, 1.807) is 0 Å². The number of hydrogen-bond donors (Lipinski definition) is 1. The summed E-state index contributed by atoms with van der Waals surface area (Å²) in [5.41, 5.74) is 1.21. The fourth-order valence-corrected chi connectivity index (χ4v) is 2.60. The van der Waals surface area contributed by atoms with Gasteiger partial charge in [0.05, 0.1) is 18.5 Å². The lowest BCUT2D eigenvalue weighted by molar-refractivity contribution is 0.327. The Labute approximate surface area is 122 Å². The van der Waals surface area contributed by atoms with Crippen LogP contribution in [0.4, 0.5) is 5.69 Å². The van der Waals surface area contributed by atoms with Gasteiger partial charge in [0.1, 0.15) is 0 Å². The minimum atomic E-state index is 0.666. The number of aromatic nitrogens is 1. The first-order chi connectivity index (χ1) is 9.69. The average molecular weight is 277 g/mol. The standard InChI is InChI=1S/C16H27N3O/c1-4-20-16-6-5-15(11-18-16)19-8-7-14(12-19)10-17-9-13(2)3/h5-6,11,13-14,17H,4,7-10,12H2,1-3H3. The Morgan fingerprint density at radius 2 is 2.30 bits per heavy atom. The lowest BCUT2D eigenvalue weighted by Crippen LogP contribution is -2.28.